The highest BCUT2D eigenvalue weighted by Crippen LogP contribution is 2.20. The molecule has 84 valence electrons. The third kappa shape index (κ3) is 2.16. The van der Waals surface area contributed by atoms with E-state index < -0.39 is 6.61 Å². The first-order chi connectivity index (χ1) is 7.69. The lowest BCUT2D eigenvalue weighted by atomic mass is 10.3. The van der Waals surface area contributed by atoms with Crippen LogP contribution in [-0.2, 0) is 0 Å². The monoisotopic (exact) mass is 226 g/mol. The minimum absolute atomic E-state index is 0.201. The van der Waals surface area contributed by atoms with E-state index in [0.29, 0.717) is 16.8 Å². The molecule has 0 radical (unpaired) electrons. The molecule has 0 fully saturated rings. The number of aromatic nitrogens is 2. The molecular weight excluding hydrogens is 218 g/mol. The largest absolute Gasteiger partial charge is 0.497 e. The summed E-state index contributed by atoms with van der Waals surface area (Å²) in [7, 11) is 1.53. The highest BCUT2D eigenvalue weighted by atomic mass is 19.3. The van der Waals surface area contributed by atoms with Crippen molar-refractivity contribution >= 4 is 11.0 Å². The van der Waals surface area contributed by atoms with Gasteiger partial charge in [0.25, 0.3) is 0 Å². The molecule has 2 aromatic rings. The number of hydrogen-bond donors (Lipinski definition) is 0. The summed E-state index contributed by atoms with van der Waals surface area (Å²) in [4.78, 5) is 7.81. The van der Waals surface area contributed by atoms with Crippen LogP contribution in [0.15, 0.2) is 24.4 Å². The van der Waals surface area contributed by atoms with Gasteiger partial charge in [0, 0.05) is 6.07 Å². The van der Waals surface area contributed by atoms with Crippen LogP contribution in [0.4, 0.5) is 8.78 Å². The summed E-state index contributed by atoms with van der Waals surface area (Å²) >= 11 is 0. The van der Waals surface area contributed by atoms with Crippen molar-refractivity contribution in [2.24, 2.45) is 0 Å². The fraction of sp³-hybridized carbons (Fsp3) is 0.200. The van der Waals surface area contributed by atoms with E-state index in [9.17, 15) is 8.78 Å². The number of fused-ring (bicyclic) bond motifs is 1. The van der Waals surface area contributed by atoms with Crippen LogP contribution in [-0.4, -0.2) is 23.7 Å². The number of halogens is 2. The Morgan fingerprint density at radius 3 is 2.75 bits per heavy atom. The summed E-state index contributed by atoms with van der Waals surface area (Å²) in [5.74, 6) is 0.428. The Balaban J connectivity index is 2.39. The van der Waals surface area contributed by atoms with Gasteiger partial charge in [-0.15, -0.1) is 0 Å². The number of rotatable bonds is 3. The zero-order valence-electron chi connectivity index (χ0n) is 8.35. The average molecular weight is 226 g/mol. The van der Waals surface area contributed by atoms with E-state index in [2.05, 4.69) is 14.7 Å². The number of ether oxygens (including phenoxy) is 2. The van der Waals surface area contributed by atoms with Crippen molar-refractivity contribution in [2.45, 2.75) is 6.61 Å². The van der Waals surface area contributed by atoms with Crippen molar-refractivity contribution in [3.8, 4) is 11.6 Å². The molecule has 2 rings (SSSR count). The van der Waals surface area contributed by atoms with Gasteiger partial charge in [0.1, 0.15) is 5.75 Å². The Morgan fingerprint density at radius 2 is 2.06 bits per heavy atom. The molecule has 0 spiro atoms. The van der Waals surface area contributed by atoms with Gasteiger partial charge in [-0.2, -0.15) is 8.78 Å². The van der Waals surface area contributed by atoms with Crippen molar-refractivity contribution in [1.82, 2.24) is 9.97 Å². The molecule has 0 bridgehead atoms. The van der Waals surface area contributed by atoms with E-state index in [4.69, 9.17) is 4.74 Å². The third-order valence-electron chi connectivity index (χ3n) is 1.94. The van der Waals surface area contributed by atoms with Gasteiger partial charge in [0.15, 0.2) is 0 Å². The first-order valence-corrected chi connectivity index (χ1v) is 4.44. The van der Waals surface area contributed by atoms with Crippen LogP contribution in [0.2, 0.25) is 0 Å². The minimum atomic E-state index is -2.90. The second-order valence-electron chi connectivity index (χ2n) is 2.94. The van der Waals surface area contributed by atoms with Crippen LogP contribution in [0.1, 0.15) is 0 Å². The maximum atomic E-state index is 11.9. The number of methoxy groups -OCH3 is 1. The van der Waals surface area contributed by atoms with Gasteiger partial charge in [0.05, 0.1) is 24.3 Å². The van der Waals surface area contributed by atoms with Crippen LogP contribution in [0, 0.1) is 0 Å². The van der Waals surface area contributed by atoms with Gasteiger partial charge in [0.2, 0.25) is 5.88 Å². The second-order valence-corrected chi connectivity index (χ2v) is 2.94. The minimum Gasteiger partial charge on any atom is -0.497 e. The van der Waals surface area contributed by atoms with Gasteiger partial charge < -0.3 is 9.47 Å². The van der Waals surface area contributed by atoms with Crippen molar-refractivity contribution in [2.75, 3.05) is 7.11 Å². The van der Waals surface area contributed by atoms with Crippen molar-refractivity contribution < 1.29 is 18.3 Å². The molecule has 0 aliphatic rings. The SMILES string of the molecule is COc1ccc2nc(OC(F)F)cnc2c1. The van der Waals surface area contributed by atoms with Gasteiger partial charge in [-0.3, -0.25) is 0 Å². The maximum Gasteiger partial charge on any atom is 0.388 e. The summed E-state index contributed by atoms with van der Waals surface area (Å²) in [6.07, 6.45) is 1.15. The van der Waals surface area contributed by atoms with Gasteiger partial charge in [-0.05, 0) is 12.1 Å². The van der Waals surface area contributed by atoms with Crippen molar-refractivity contribution in [3.63, 3.8) is 0 Å². The quantitative estimate of drug-likeness (QED) is 0.805. The summed E-state index contributed by atoms with van der Waals surface area (Å²) in [5, 5.41) is 0. The van der Waals surface area contributed by atoms with Crippen LogP contribution >= 0.6 is 0 Å². The van der Waals surface area contributed by atoms with Crippen LogP contribution in [0.5, 0.6) is 11.6 Å². The zero-order valence-corrected chi connectivity index (χ0v) is 8.35. The van der Waals surface area contributed by atoms with Crippen LogP contribution in [0.3, 0.4) is 0 Å². The molecule has 0 unspecified atom stereocenters. The summed E-state index contributed by atoms with van der Waals surface area (Å²) in [5.41, 5.74) is 1.03. The molecule has 0 atom stereocenters. The van der Waals surface area contributed by atoms with E-state index in [0.717, 1.165) is 6.20 Å². The van der Waals surface area contributed by atoms with Gasteiger partial charge in [-0.1, -0.05) is 0 Å². The lowest BCUT2D eigenvalue weighted by molar-refractivity contribution is -0.0528. The Kier molecular flexibility index (Phi) is 2.80. The lowest BCUT2D eigenvalue weighted by Crippen LogP contribution is -2.04. The summed E-state index contributed by atoms with van der Waals surface area (Å²) < 4.78 is 33.0. The predicted molar refractivity (Wildman–Crippen MR) is 52.7 cm³/mol. The molecular formula is C10H8F2N2O2. The predicted octanol–water partition coefficient (Wildman–Crippen LogP) is 2.24. The average Bonchev–Trinajstić information content (AvgIpc) is 2.27. The Bertz CT molecular complexity index is 505. The Labute approximate surface area is 89.8 Å². The molecule has 16 heavy (non-hydrogen) atoms. The normalized spacial score (nSPS) is 10.8. The van der Waals surface area contributed by atoms with Gasteiger partial charge in [-0.25, -0.2) is 9.97 Å². The third-order valence-corrected chi connectivity index (χ3v) is 1.94. The number of alkyl halides is 2. The number of nitrogens with zero attached hydrogens (tertiary/aromatic N) is 2. The maximum absolute atomic E-state index is 11.9. The zero-order chi connectivity index (χ0) is 11.5. The molecule has 0 aliphatic heterocycles. The molecule has 0 saturated heterocycles. The molecule has 4 nitrogen and oxygen atoms in total. The Morgan fingerprint density at radius 1 is 1.25 bits per heavy atom. The number of benzene rings is 1. The smallest absolute Gasteiger partial charge is 0.388 e. The molecule has 0 amide bonds. The highest BCUT2D eigenvalue weighted by Gasteiger charge is 2.07. The fourth-order valence-electron chi connectivity index (χ4n) is 1.25. The van der Waals surface area contributed by atoms with Crippen LogP contribution < -0.4 is 9.47 Å². The fourth-order valence-corrected chi connectivity index (χ4v) is 1.25. The highest BCUT2D eigenvalue weighted by molar-refractivity contribution is 5.76. The van der Waals surface area contributed by atoms with E-state index >= 15 is 0 Å². The molecule has 1 aromatic heterocycles. The lowest BCUT2D eigenvalue weighted by Gasteiger charge is -2.04. The van der Waals surface area contributed by atoms with Crippen molar-refractivity contribution in [1.29, 1.82) is 0 Å². The van der Waals surface area contributed by atoms with E-state index in [-0.39, 0.29) is 5.88 Å². The first kappa shape index (κ1) is 10.5. The molecule has 0 saturated carbocycles. The topological polar surface area (TPSA) is 44.2 Å². The van der Waals surface area contributed by atoms with Crippen LogP contribution in [0.25, 0.3) is 11.0 Å². The molecule has 1 aromatic carbocycles. The Hall–Kier alpha value is -1.98. The van der Waals surface area contributed by atoms with E-state index in [1.165, 1.54) is 7.11 Å². The molecule has 1 heterocycles. The number of hydrogen-bond acceptors (Lipinski definition) is 4. The van der Waals surface area contributed by atoms with Crippen molar-refractivity contribution in [3.05, 3.63) is 24.4 Å². The van der Waals surface area contributed by atoms with E-state index in [1.807, 2.05) is 0 Å². The second kappa shape index (κ2) is 4.26. The van der Waals surface area contributed by atoms with E-state index in [1.54, 1.807) is 18.2 Å². The standard InChI is InChI=1S/C10H8F2N2O2/c1-15-6-2-3-7-8(4-6)13-5-9(14-7)16-10(11)12/h2-5,10H,1H3. The molecule has 0 N–H and O–H groups in total. The molecule has 6 heteroatoms. The first-order valence-electron chi connectivity index (χ1n) is 4.44. The molecule has 0 aliphatic carbocycles. The summed E-state index contributed by atoms with van der Waals surface area (Å²) in [6, 6.07) is 4.96. The van der Waals surface area contributed by atoms with Gasteiger partial charge >= 0.3 is 6.61 Å². The summed E-state index contributed by atoms with van der Waals surface area (Å²) in [6.45, 7) is -2.90.